The van der Waals surface area contributed by atoms with Crippen molar-refractivity contribution in [2.24, 2.45) is 0 Å². The summed E-state index contributed by atoms with van der Waals surface area (Å²) in [6.07, 6.45) is -0.560. The van der Waals surface area contributed by atoms with E-state index in [4.69, 9.17) is 9.84 Å². The van der Waals surface area contributed by atoms with Crippen molar-refractivity contribution in [2.45, 2.75) is 51.0 Å². The molecular formula is C31H36F3N3O3. The summed E-state index contributed by atoms with van der Waals surface area (Å²) < 4.78 is 45.3. The molecule has 1 aliphatic rings. The second kappa shape index (κ2) is 12.9. The Hall–Kier alpha value is -3.27. The van der Waals surface area contributed by atoms with Crippen LogP contribution in [0.5, 0.6) is 0 Å². The molecule has 3 aromatic rings. The standard InChI is InChI=1S/C31H36F3N3O3/c1-30(2,31(32,33)34)27-9-7-26(8-10-27)25-5-3-23(4-6-25)20-36-15-16-37(21-24-11-13-35-14-12-24)28(22-36)19-29(39)40-18-17-38/h3-14,28,38H,15-22H2,1-2H3/t28-/m0/s1. The van der Waals surface area contributed by atoms with Crippen LogP contribution in [0.15, 0.2) is 73.1 Å². The first-order valence-corrected chi connectivity index (χ1v) is 13.4. The molecule has 1 aromatic heterocycles. The lowest BCUT2D eigenvalue weighted by atomic mass is 9.83. The van der Waals surface area contributed by atoms with Crippen LogP contribution >= 0.6 is 0 Å². The molecule has 0 bridgehead atoms. The molecule has 214 valence electrons. The van der Waals surface area contributed by atoms with Crippen molar-refractivity contribution in [3.8, 4) is 11.1 Å². The van der Waals surface area contributed by atoms with E-state index in [1.165, 1.54) is 13.8 Å². The van der Waals surface area contributed by atoms with Crippen molar-refractivity contribution in [2.75, 3.05) is 32.8 Å². The molecule has 0 saturated carbocycles. The van der Waals surface area contributed by atoms with Crippen LogP contribution in [0.4, 0.5) is 13.2 Å². The molecule has 0 unspecified atom stereocenters. The quantitative estimate of drug-likeness (QED) is 0.347. The van der Waals surface area contributed by atoms with E-state index in [0.717, 1.165) is 35.3 Å². The van der Waals surface area contributed by atoms with E-state index < -0.39 is 11.6 Å². The number of rotatable bonds is 10. The van der Waals surface area contributed by atoms with Crippen LogP contribution in [0.25, 0.3) is 11.1 Å². The van der Waals surface area contributed by atoms with E-state index in [0.29, 0.717) is 19.6 Å². The fraction of sp³-hybridized carbons (Fsp3) is 0.419. The van der Waals surface area contributed by atoms with Crippen LogP contribution in [0.3, 0.4) is 0 Å². The zero-order chi connectivity index (χ0) is 28.8. The summed E-state index contributed by atoms with van der Waals surface area (Å²) in [6, 6.07) is 18.5. The maximum atomic E-state index is 13.4. The lowest BCUT2D eigenvalue weighted by Gasteiger charge is -2.41. The van der Waals surface area contributed by atoms with Crippen LogP contribution in [0, 0.1) is 0 Å². The minimum absolute atomic E-state index is 0.00517. The van der Waals surface area contributed by atoms with Crippen LogP contribution in [-0.2, 0) is 28.0 Å². The number of hydrogen-bond acceptors (Lipinski definition) is 6. The molecule has 40 heavy (non-hydrogen) atoms. The predicted molar refractivity (Wildman–Crippen MR) is 147 cm³/mol. The van der Waals surface area contributed by atoms with Crippen molar-refractivity contribution in [3.05, 3.63) is 89.7 Å². The maximum Gasteiger partial charge on any atom is 0.397 e. The maximum absolute atomic E-state index is 13.4. The minimum Gasteiger partial charge on any atom is -0.463 e. The van der Waals surface area contributed by atoms with E-state index in [9.17, 15) is 18.0 Å². The van der Waals surface area contributed by atoms with E-state index >= 15 is 0 Å². The fourth-order valence-corrected chi connectivity index (χ4v) is 4.94. The second-order valence-corrected chi connectivity index (χ2v) is 10.8. The Kier molecular flexibility index (Phi) is 9.60. The number of halogens is 3. The first kappa shape index (κ1) is 29.7. The number of benzene rings is 2. The van der Waals surface area contributed by atoms with Gasteiger partial charge in [0.1, 0.15) is 6.61 Å². The number of hydrogen-bond donors (Lipinski definition) is 1. The molecule has 0 radical (unpaired) electrons. The number of aromatic nitrogens is 1. The van der Waals surface area contributed by atoms with Gasteiger partial charge in [-0.25, -0.2) is 0 Å². The van der Waals surface area contributed by atoms with Gasteiger partial charge >= 0.3 is 12.1 Å². The van der Waals surface area contributed by atoms with Gasteiger partial charge in [0, 0.05) is 51.2 Å². The zero-order valence-electron chi connectivity index (χ0n) is 22.9. The molecule has 1 aliphatic heterocycles. The highest BCUT2D eigenvalue weighted by Gasteiger charge is 2.48. The van der Waals surface area contributed by atoms with Gasteiger partial charge in [0.2, 0.25) is 0 Å². The third kappa shape index (κ3) is 7.47. The first-order valence-electron chi connectivity index (χ1n) is 13.4. The van der Waals surface area contributed by atoms with Gasteiger partial charge in [0.15, 0.2) is 0 Å². The summed E-state index contributed by atoms with van der Waals surface area (Å²) in [6.45, 7) is 5.93. The van der Waals surface area contributed by atoms with Crippen molar-refractivity contribution < 1.29 is 27.8 Å². The summed E-state index contributed by atoms with van der Waals surface area (Å²) >= 11 is 0. The molecule has 6 nitrogen and oxygen atoms in total. The number of carbonyl (C=O) groups excluding carboxylic acids is 1. The number of aliphatic hydroxyl groups is 1. The average Bonchev–Trinajstić information content (AvgIpc) is 2.94. The Morgan fingerprint density at radius 2 is 1.52 bits per heavy atom. The summed E-state index contributed by atoms with van der Waals surface area (Å²) in [5, 5.41) is 9.00. The molecule has 4 rings (SSSR count). The van der Waals surface area contributed by atoms with Gasteiger partial charge in [-0.05, 0) is 53.8 Å². The van der Waals surface area contributed by atoms with Crippen LogP contribution in [0.1, 0.15) is 37.0 Å². The van der Waals surface area contributed by atoms with Crippen LogP contribution < -0.4 is 0 Å². The lowest BCUT2D eigenvalue weighted by molar-refractivity contribution is -0.180. The Morgan fingerprint density at radius 3 is 2.12 bits per heavy atom. The molecule has 0 amide bonds. The highest BCUT2D eigenvalue weighted by Crippen LogP contribution is 2.40. The first-order chi connectivity index (χ1) is 19.1. The van der Waals surface area contributed by atoms with Crippen LogP contribution in [-0.4, -0.2) is 70.9 Å². The summed E-state index contributed by atoms with van der Waals surface area (Å²) in [7, 11) is 0. The van der Waals surface area contributed by atoms with Crippen molar-refractivity contribution in [1.29, 1.82) is 0 Å². The third-order valence-electron chi connectivity index (χ3n) is 7.59. The summed E-state index contributed by atoms with van der Waals surface area (Å²) in [4.78, 5) is 21.1. The zero-order valence-corrected chi connectivity index (χ0v) is 22.9. The fourth-order valence-electron chi connectivity index (χ4n) is 4.94. The second-order valence-electron chi connectivity index (χ2n) is 10.8. The molecule has 2 aromatic carbocycles. The number of ether oxygens (including phenoxy) is 1. The summed E-state index contributed by atoms with van der Waals surface area (Å²) in [5.41, 5.74) is 2.36. The molecule has 1 saturated heterocycles. The van der Waals surface area contributed by atoms with Gasteiger partial charge in [-0.2, -0.15) is 13.2 Å². The number of pyridine rings is 1. The third-order valence-corrected chi connectivity index (χ3v) is 7.59. The number of nitrogens with zero attached hydrogens (tertiary/aromatic N) is 3. The van der Waals surface area contributed by atoms with Crippen molar-refractivity contribution in [3.63, 3.8) is 0 Å². The van der Waals surface area contributed by atoms with Gasteiger partial charge in [-0.15, -0.1) is 0 Å². The molecule has 1 N–H and O–H groups in total. The molecule has 2 heterocycles. The molecule has 1 fully saturated rings. The lowest BCUT2D eigenvalue weighted by Crippen LogP contribution is -2.53. The number of carbonyl (C=O) groups is 1. The Bertz CT molecular complexity index is 1230. The van der Waals surface area contributed by atoms with E-state index in [2.05, 4.69) is 14.8 Å². The van der Waals surface area contributed by atoms with Gasteiger partial charge in [0.05, 0.1) is 18.4 Å². The van der Waals surface area contributed by atoms with Crippen LogP contribution in [0.2, 0.25) is 0 Å². The molecule has 0 spiro atoms. The number of aliphatic hydroxyl groups excluding tert-OH is 1. The largest absolute Gasteiger partial charge is 0.463 e. The predicted octanol–water partition coefficient (Wildman–Crippen LogP) is 5.20. The van der Waals surface area contributed by atoms with Gasteiger partial charge in [-0.3, -0.25) is 19.6 Å². The van der Waals surface area contributed by atoms with Crippen molar-refractivity contribution >= 4 is 5.97 Å². The minimum atomic E-state index is -4.32. The number of alkyl halides is 3. The topological polar surface area (TPSA) is 65.9 Å². The highest BCUT2D eigenvalue weighted by molar-refractivity contribution is 5.70. The normalized spacial score (nSPS) is 17.1. The molecule has 0 aliphatic carbocycles. The Morgan fingerprint density at radius 1 is 0.925 bits per heavy atom. The Balaban J connectivity index is 1.40. The Labute approximate surface area is 233 Å². The highest BCUT2D eigenvalue weighted by atomic mass is 19.4. The van der Waals surface area contributed by atoms with Gasteiger partial charge in [0.25, 0.3) is 0 Å². The SMILES string of the molecule is CC(C)(c1ccc(-c2ccc(CN3CCN(Cc4ccncc4)[C@@H](CC(=O)OCCO)C3)cc2)cc1)C(F)(F)F. The van der Waals surface area contributed by atoms with E-state index in [1.807, 2.05) is 36.4 Å². The molecule has 1 atom stereocenters. The van der Waals surface area contributed by atoms with Gasteiger partial charge < -0.3 is 9.84 Å². The summed E-state index contributed by atoms with van der Waals surface area (Å²) in [5.74, 6) is -0.324. The van der Waals surface area contributed by atoms with Crippen molar-refractivity contribution in [1.82, 2.24) is 14.8 Å². The van der Waals surface area contributed by atoms with E-state index in [1.54, 1.807) is 36.7 Å². The smallest absolute Gasteiger partial charge is 0.397 e. The van der Waals surface area contributed by atoms with Gasteiger partial charge in [-0.1, -0.05) is 48.5 Å². The number of esters is 1. The van der Waals surface area contributed by atoms with E-state index in [-0.39, 0.29) is 37.2 Å². The monoisotopic (exact) mass is 555 g/mol. The molecule has 9 heteroatoms. The number of piperazine rings is 1. The molecular weight excluding hydrogens is 519 g/mol. The average molecular weight is 556 g/mol.